The van der Waals surface area contributed by atoms with Gasteiger partial charge in [-0.25, -0.2) is 0 Å². The predicted octanol–water partition coefficient (Wildman–Crippen LogP) is 15.2. The maximum Gasteiger partial charge on any atom is 0.306 e. The van der Waals surface area contributed by atoms with Crippen LogP contribution in [-0.2, 0) is 28.6 Å². The van der Waals surface area contributed by atoms with Gasteiger partial charge in [-0.2, -0.15) is 0 Å². The van der Waals surface area contributed by atoms with Gasteiger partial charge in [0, 0.05) is 19.3 Å². The number of rotatable bonds is 38. The van der Waals surface area contributed by atoms with Crippen molar-refractivity contribution in [2.24, 2.45) is 0 Å². The highest BCUT2D eigenvalue weighted by molar-refractivity contribution is 5.71. The monoisotopic (exact) mass is 849 g/mol. The number of hydrogen-bond acceptors (Lipinski definition) is 6. The summed E-state index contributed by atoms with van der Waals surface area (Å²) in [5.74, 6) is -1.11. The third-order valence-electron chi connectivity index (χ3n) is 8.70. The van der Waals surface area contributed by atoms with E-state index in [1.807, 2.05) is 103 Å². The van der Waals surface area contributed by atoms with Crippen LogP contribution >= 0.6 is 0 Å². The van der Waals surface area contributed by atoms with Crippen molar-refractivity contribution in [3.8, 4) is 0 Å². The fraction of sp³-hybridized carbons (Fsp3) is 0.446. The summed E-state index contributed by atoms with van der Waals surface area (Å²) in [5, 5.41) is 0. The molecule has 0 saturated carbocycles. The van der Waals surface area contributed by atoms with Crippen molar-refractivity contribution in [3.63, 3.8) is 0 Å². The summed E-state index contributed by atoms with van der Waals surface area (Å²) in [6.07, 6.45) is 72.0. The minimum atomic E-state index is -0.851. The minimum absolute atomic E-state index is 0.145. The lowest BCUT2D eigenvalue weighted by Crippen LogP contribution is -2.30. The maximum absolute atomic E-state index is 12.7. The van der Waals surface area contributed by atoms with Crippen molar-refractivity contribution in [1.82, 2.24) is 0 Å². The van der Waals surface area contributed by atoms with E-state index in [9.17, 15) is 14.4 Å². The molecular formula is C56H80O6. The zero-order chi connectivity index (χ0) is 45.1. The van der Waals surface area contributed by atoms with Crippen LogP contribution in [0.5, 0.6) is 0 Å². The third-order valence-corrected chi connectivity index (χ3v) is 8.70. The van der Waals surface area contributed by atoms with E-state index in [-0.39, 0.29) is 50.4 Å². The smallest absolute Gasteiger partial charge is 0.306 e. The molecule has 0 spiro atoms. The van der Waals surface area contributed by atoms with Gasteiger partial charge in [0.05, 0.1) is 0 Å². The van der Waals surface area contributed by atoms with Gasteiger partial charge >= 0.3 is 17.9 Å². The number of ether oxygens (including phenoxy) is 3. The van der Waals surface area contributed by atoms with E-state index < -0.39 is 6.10 Å². The van der Waals surface area contributed by atoms with Gasteiger partial charge in [-0.3, -0.25) is 14.4 Å². The summed E-state index contributed by atoms with van der Waals surface area (Å²) in [4.78, 5) is 37.8. The van der Waals surface area contributed by atoms with Crippen molar-refractivity contribution < 1.29 is 28.6 Å². The van der Waals surface area contributed by atoms with E-state index in [0.29, 0.717) is 12.8 Å². The van der Waals surface area contributed by atoms with Gasteiger partial charge in [0.2, 0.25) is 0 Å². The van der Waals surface area contributed by atoms with Crippen LogP contribution in [0.4, 0.5) is 0 Å². The molecule has 62 heavy (non-hydrogen) atoms. The predicted molar refractivity (Wildman–Crippen MR) is 265 cm³/mol. The molecule has 0 bridgehead atoms. The van der Waals surface area contributed by atoms with Crippen molar-refractivity contribution in [2.75, 3.05) is 13.2 Å². The molecule has 0 amide bonds. The van der Waals surface area contributed by atoms with Gasteiger partial charge in [-0.15, -0.1) is 0 Å². The first-order valence-corrected chi connectivity index (χ1v) is 23.3. The molecule has 6 heteroatoms. The SMILES string of the molecule is CC/C=C/C=C/C=C/C=C/C=C/CCCCCC(=O)OC(COC(=O)CCC/C=C/C=C/C=C/C=C/C=C/CC)COC(=O)CCCCC/C=C/C/C=C/C/C=C/C/C=C/CC. The van der Waals surface area contributed by atoms with Gasteiger partial charge in [0.25, 0.3) is 0 Å². The number of hydrogen-bond donors (Lipinski definition) is 0. The number of unbranched alkanes of at least 4 members (excludes halogenated alkanes) is 7. The molecule has 0 N–H and O–H groups in total. The molecule has 0 saturated heterocycles. The minimum Gasteiger partial charge on any atom is -0.462 e. The number of carbonyl (C=O) groups is 3. The molecule has 1 unspecified atom stereocenters. The highest BCUT2D eigenvalue weighted by atomic mass is 16.6. The molecule has 0 heterocycles. The van der Waals surface area contributed by atoms with E-state index >= 15 is 0 Å². The molecule has 6 nitrogen and oxygen atoms in total. The summed E-state index contributed by atoms with van der Waals surface area (Å²) in [6, 6.07) is 0. The van der Waals surface area contributed by atoms with Crippen LogP contribution in [-0.4, -0.2) is 37.2 Å². The molecule has 1 atom stereocenters. The van der Waals surface area contributed by atoms with Crippen LogP contribution in [0.15, 0.2) is 170 Å². The van der Waals surface area contributed by atoms with E-state index in [0.717, 1.165) is 89.9 Å². The fourth-order valence-electron chi connectivity index (χ4n) is 5.30. The summed E-state index contributed by atoms with van der Waals surface area (Å²) >= 11 is 0. The molecule has 340 valence electrons. The van der Waals surface area contributed by atoms with Crippen LogP contribution < -0.4 is 0 Å². The summed E-state index contributed by atoms with van der Waals surface area (Å²) in [7, 11) is 0. The van der Waals surface area contributed by atoms with Crippen molar-refractivity contribution >= 4 is 17.9 Å². The Hall–Kier alpha value is -5.23. The van der Waals surface area contributed by atoms with Gasteiger partial charge in [0.1, 0.15) is 13.2 Å². The van der Waals surface area contributed by atoms with Crippen molar-refractivity contribution in [1.29, 1.82) is 0 Å². The van der Waals surface area contributed by atoms with Crippen LogP contribution in [0.25, 0.3) is 0 Å². The first-order chi connectivity index (χ1) is 30.5. The number of esters is 3. The molecule has 0 aliphatic heterocycles. The second-order valence-corrected chi connectivity index (χ2v) is 14.4. The molecule has 0 aromatic carbocycles. The number of carbonyl (C=O) groups excluding carboxylic acids is 3. The van der Waals surface area contributed by atoms with Crippen LogP contribution in [0.2, 0.25) is 0 Å². The molecule has 0 fully saturated rings. The topological polar surface area (TPSA) is 78.9 Å². The summed E-state index contributed by atoms with van der Waals surface area (Å²) < 4.78 is 16.6. The highest BCUT2D eigenvalue weighted by Crippen LogP contribution is 2.10. The zero-order valence-corrected chi connectivity index (χ0v) is 38.5. The van der Waals surface area contributed by atoms with E-state index in [1.165, 1.54) is 0 Å². The number of allylic oxidation sites excluding steroid dienone is 28. The average Bonchev–Trinajstić information content (AvgIpc) is 3.27. The second-order valence-electron chi connectivity index (χ2n) is 14.4. The Morgan fingerprint density at radius 1 is 0.339 bits per heavy atom. The van der Waals surface area contributed by atoms with Crippen molar-refractivity contribution in [2.45, 2.75) is 149 Å². The lowest BCUT2D eigenvalue weighted by atomic mass is 10.1. The summed E-state index contributed by atoms with van der Waals surface area (Å²) in [6.45, 7) is 6.05. The van der Waals surface area contributed by atoms with Crippen LogP contribution in [0.3, 0.4) is 0 Å². The van der Waals surface area contributed by atoms with E-state index in [4.69, 9.17) is 14.2 Å². The first-order valence-electron chi connectivity index (χ1n) is 23.3. The standard InChI is InChI=1S/C56H80O6/c1-4-7-10-13-16-19-22-25-27-29-31-34-37-40-43-46-49-55(58)61-52-53(51-60-54(57)48-45-42-39-36-33-30-24-21-18-15-12-9-6-3)62-56(59)50-47-44-41-38-35-32-28-26-23-20-17-14-11-8-5-2/h7-12,14-21,23-28,30-36,39,53H,4-6,13,22,29,37-38,40-52H2,1-3H3/b10-7+,11-8+,12-9+,17-14+,18-15+,19-16+,23-20+,24-21+,27-25+,28-26+,33-30+,34-31+,35-32+,39-36+. The molecule has 0 aromatic rings. The van der Waals surface area contributed by atoms with E-state index in [2.05, 4.69) is 87.6 Å². The van der Waals surface area contributed by atoms with Gasteiger partial charge in [0.15, 0.2) is 6.10 Å². The largest absolute Gasteiger partial charge is 0.462 e. The fourth-order valence-corrected chi connectivity index (χ4v) is 5.30. The zero-order valence-electron chi connectivity index (χ0n) is 38.5. The molecule has 0 rings (SSSR count). The van der Waals surface area contributed by atoms with Crippen LogP contribution in [0, 0.1) is 0 Å². The summed E-state index contributed by atoms with van der Waals surface area (Å²) in [5.41, 5.74) is 0. The van der Waals surface area contributed by atoms with Gasteiger partial charge < -0.3 is 14.2 Å². The lowest BCUT2D eigenvalue weighted by molar-refractivity contribution is -0.167. The maximum atomic E-state index is 12.7. The second kappa shape index (κ2) is 48.4. The normalized spacial score (nSPS) is 13.7. The molecule has 0 aromatic heterocycles. The third kappa shape index (κ3) is 45.8. The molecule has 0 radical (unpaired) electrons. The Balaban J connectivity index is 4.68. The Morgan fingerprint density at radius 3 is 1.13 bits per heavy atom. The Kier molecular flexibility index (Phi) is 44.4. The Labute approximate surface area is 377 Å². The quantitative estimate of drug-likeness (QED) is 0.0202. The molecule has 0 aliphatic rings. The lowest BCUT2D eigenvalue weighted by Gasteiger charge is -2.18. The van der Waals surface area contributed by atoms with Gasteiger partial charge in [-0.1, -0.05) is 204 Å². The average molecular weight is 849 g/mol. The molecular weight excluding hydrogens is 769 g/mol. The Morgan fingerprint density at radius 2 is 0.677 bits per heavy atom. The van der Waals surface area contributed by atoms with E-state index in [1.54, 1.807) is 0 Å². The Bertz CT molecular complexity index is 1530. The van der Waals surface area contributed by atoms with Gasteiger partial charge in [-0.05, 0) is 89.9 Å². The van der Waals surface area contributed by atoms with Crippen molar-refractivity contribution in [3.05, 3.63) is 170 Å². The highest BCUT2D eigenvalue weighted by Gasteiger charge is 2.19. The van der Waals surface area contributed by atoms with Crippen LogP contribution in [0.1, 0.15) is 143 Å². The molecule has 0 aliphatic carbocycles. The first kappa shape index (κ1) is 56.8.